The molecule has 1 fully saturated rings. The molecule has 0 radical (unpaired) electrons. The Kier molecular flexibility index (Phi) is 3.83. The maximum Gasteiger partial charge on any atom is 0.310 e. The molecule has 0 aliphatic carbocycles. The Morgan fingerprint density at radius 3 is 2.84 bits per heavy atom. The molecular weight excluding hydrogens is 249 g/mol. The minimum atomic E-state index is -0.410. The van der Waals surface area contributed by atoms with Gasteiger partial charge in [0, 0.05) is 19.5 Å². The van der Waals surface area contributed by atoms with E-state index in [1.54, 1.807) is 11.8 Å². The van der Waals surface area contributed by atoms with Crippen LogP contribution in [0.1, 0.15) is 17.5 Å². The molecule has 19 heavy (non-hydrogen) atoms. The van der Waals surface area contributed by atoms with Crippen LogP contribution >= 0.6 is 0 Å². The quantitative estimate of drug-likeness (QED) is 0.781. The summed E-state index contributed by atoms with van der Waals surface area (Å²) >= 11 is 0. The van der Waals surface area contributed by atoms with Crippen molar-refractivity contribution in [2.24, 2.45) is 5.92 Å². The predicted molar refractivity (Wildman–Crippen MR) is 66.7 cm³/mol. The molecule has 102 valence electrons. The summed E-state index contributed by atoms with van der Waals surface area (Å²) in [6, 6.07) is 4.68. The van der Waals surface area contributed by atoms with Crippen LogP contribution in [-0.2, 0) is 20.9 Å². The van der Waals surface area contributed by atoms with Crippen molar-refractivity contribution in [3.8, 4) is 0 Å². The summed E-state index contributed by atoms with van der Waals surface area (Å²) in [6.07, 6.45) is 0.168. The van der Waals surface area contributed by atoms with E-state index in [1.165, 1.54) is 19.2 Å². The summed E-state index contributed by atoms with van der Waals surface area (Å²) in [4.78, 5) is 24.8. The van der Waals surface area contributed by atoms with Gasteiger partial charge in [-0.25, -0.2) is 4.39 Å². The van der Waals surface area contributed by atoms with Crippen LogP contribution in [0.25, 0.3) is 0 Å². The summed E-state index contributed by atoms with van der Waals surface area (Å²) in [7, 11) is 1.31. The van der Waals surface area contributed by atoms with Gasteiger partial charge in [-0.3, -0.25) is 9.59 Å². The van der Waals surface area contributed by atoms with Crippen molar-refractivity contribution in [3.63, 3.8) is 0 Å². The van der Waals surface area contributed by atoms with Crippen LogP contribution in [0.3, 0.4) is 0 Å². The number of aryl methyl sites for hydroxylation is 1. The van der Waals surface area contributed by atoms with Gasteiger partial charge in [0.2, 0.25) is 5.91 Å². The number of nitrogens with zero attached hydrogens (tertiary/aromatic N) is 1. The summed E-state index contributed by atoms with van der Waals surface area (Å²) < 4.78 is 17.9. The fourth-order valence-electron chi connectivity index (χ4n) is 2.37. The largest absolute Gasteiger partial charge is 0.469 e. The summed E-state index contributed by atoms with van der Waals surface area (Å²) in [5, 5.41) is 0. The van der Waals surface area contributed by atoms with E-state index >= 15 is 0 Å². The van der Waals surface area contributed by atoms with Crippen molar-refractivity contribution in [1.82, 2.24) is 4.90 Å². The molecule has 1 aliphatic rings. The lowest BCUT2D eigenvalue weighted by Crippen LogP contribution is -2.26. The SMILES string of the molecule is COC(=O)C1CC(=O)N(Cc2cc(C)cc(F)c2)C1. The van der Waals surface area contributed by atoms with Gasteiger partial charge in [-0.05, 0) is 30.2 Å². The maximum absolute atomic E-state index is 13.3. The first-order valence-corrected chi connectivity index (χ1v) is 6.11. The molecule has 4 nitrogen and oxygen atoms in total. The Hall–Kier alpha value is -1.91. The topological polar surface area (TPSA) is 46.6 Å². The van der Waals surface area contributed by atoms with Crippen molar-refractivity contribution in [3.05, 3.63) is 35.1 Å². The minimum absolute atomic E-state index is 0.0997. The lowest BCUT2D eigenvalue weighted by atomic mass is 10.1. The van der Waals surface area contributed by atoms with E-state index in [9.17, 15) is 14.0 Å². The van der Waals surface area contributed by atoms with Gasteiger partial charge in [0.05, 0.1) is 13.0 Å². The highest BCUT2D eigenvalue weighted by Gasteiger charge is 2.34. The van der Waals surface area contributed by atoms with E-state index in [0.717, 1.165) is 11.1 Å². The third-order valence-electron chi connectivity index (χ3n) is 3.22. The standard InChI is InChI=1S/C14H16FNO3/c1-9-3-10(5-12(15)4-9)7-16-8-11(6-13(16)17)14(18)19-2/h3-5,11H,6-8H2,1-2H3. The first-order valence-electron chi connectivity index (χ1n) is 6.11. The number of likely N-dealkylation sites (tertiary alicyclic amines) is 1. The van der Waals surface area contributed by atoms with Crippen molar-refractivity contribution in [2.75, 3.05) is 13.7 Å². The molecule has 1 atom stereocenters. The zero-order chi connectivity index (χ0) is 14.0. The molecule has 0 N–H and O–H groups in total. The number of halogens is 1. The molecule has 2 rings (SSSR count). The van der Waals surface area contributed by atoms with Gasteiger partial charge < -0.3 is 9.64 Å². The summed E-state index contributed by atoms with van der Waals surface area (Å²) in [5.41, 5.74) is 1.54. The average molecular weight is 265 g/mol. The van der Waals surface area contributed by atoms with Crippen molar-refractivity contribution in [2.45, 2.75) is 19.9 Å². The van der Waals surface area contributed by atoms with Gasteiger partial charge in [0.1, 0.15) is 5.82 Å². The Morgan fingerprint density at radius 2 is 2.21 bits per heavy atom. The number of amides is 1. The van der Waals surface area contributed by atoms with E-state index in [2.05, 4.69) is 4.74 Å². The van der Waals surface area contributed by atoms with Gasteiger partial charge in [-0.1, -0.05) is 6.07 Å². The number of methoxy groups -OCH3 is 1. The summed E-state index contributed by atoms with van der Waals surface area (Å²) in [5.74, 6) is -1.19. The molecule has 1 heterocycles. The smallest absolute Gasteiger partial charge is 0.310 e. The number of hydrogen-bond donors (Lipinski definition) is 0. The number of esters is 1. The highest BCUT2D eigenvalue weighted by molar-refractivity contribution is 5.86. The highest BCUT2D eigenvalue weighted by Crippen LogP contribution is 2.21. The minimum Gasteiger partial charge on any atom is -0.469 e. The molecular formula is C14H16FNO3. The van der Waals surface area contributed by atoms with Crippen molar-refractivity contribution in [1.29, 1.82) is 0 Å². The van der Waals surface area contributed by atoms with Gasteiger partial charge in [-0.2, -0.15) is 0 Å². The summed E-state index contributed by atoms with van der Waals surface area (Å²) in [6.45, 7) is 2.46. The molecule has 0 saturated carbocycles. The van der Waals surface area contributed by atoms with Crippen LogP contribution in [0.15, 0.2) is 18.2 Å². The Morgan fingerprint density at radius 1 is 1.47 bits per heavy atom. The number of carbonyl (C=O) groups is 2. The zero-order valence-corrected chi connectivity index (χ0v) is 11.0. The zero-order valence-electron chi connectivity index (χ0n) is 11.0. The first kappa shape index (κ1) is 13.5. The van der Waals surface area contributed by atoms with Crippen LogP contribution in [0.5, 0.6) is 0 Å². The predicted octanol–water partition coefficient (Wildman–Crippen LogP) is 1.66. The second-order valence-corrected chi connectivity index (χ2v) is 4.84. The van der Waals surface area contributed by atoms with Crippen LogP contribution in [0, 0.1) is 18.7 Å². The van der Waals surface area contributed by atoms with Crippen molar-refractivity contribution < 1.29 is 18.7 Å². The number of ether oxygens (including phenoxy) is 1. The van der Waals surface area contributed by atoms with E-state index in [-0.39, 0.29) is 24.1 Å². The normalized spacial score (nSPS) is 18.8. The van der Waals surface area contributed by atoms with E-state index < -0.39 is 5.92 Å². The highest BCUT2D eigenvalue weighted by atomic mass is 19.1. The third-order valence-corrected chi connectivity index (χ3v) is 3.22. The second-order valence-electron chi connectivity index (χ2n) is 4.84. The molecule has 1 aliphatic heterocycles. The monoisotopic (exact) mass is 265 g/mol. The number of carbonyl (C=O) groups excluding carboxylic acids is 2. The number of benzene rings is 1. The first-order chi connectivity index (χ1) is 8.99. The van der Waals surface area contributed by atoms with Crippen LogP contribution < -0.4 is 0 Å². The van der Waals surface area contributed by atoms with Gasteiger partial charge in [0.15, 0.2) is 0 Å². The van der Waals surface area contributed by atoms with Crippen LogP contribution in [-0.4, -0.2) is 30.4 Å². The molecule has 0 bridgehead atoms. The number of hydrogen-bond acceptors (Lipinski definition) is 3. The van der Waals surface area contributed by atoms with Gasteiger partial charge >= 0.3 is 5.97 Å². The Balaban J connectivity index is 2.07. The number of rotatable bonds is 3. The lowest BCUT2D eigenvalue weighted by molar-refractivity contribution is -0.145. The fraction of sp³-hybridized carbons (Fsp3) is 0.429. The molecule has 1 saturated heterocycles. The lowest BCUT2D eigenvalue weighted by Gasteiger charge is -2.16. The maximum atomic E-state index is 13.3. The van der Waals surface area contributed by atoms with Gasteiger partial charge in [0.25, 0.3) is 0 Å². The van der Waals surface area contributed by atoms with Crippen molar-refractivity contribution >= 4 is 11.9 Å². The Labute approximate surface area is 111 Å². The molecule has 1 aromatic rings. The average Bonchev–Trinajstić information content (AvgIpc) is 2.68. The second kappa shape index (κ2) is 5.38. The molecule has 1 unspecified atom stereocenters. The van der Waals surface area contributed by atoms with E-state index in [4.69, 9.17) is 0 Å². The molecule has 0 aromatic heterocycles. The fourth-order valence-corrected chi connectivity index (χ4v) is 2.37. The van der Waals surface area contributed by atoms with E-state index in [1.807, 2.05) is 6.07 Å². The van der Waals surface area contributed by atoms with Gasteiger partial charge in [-0.15, -0.1) is 0 Å². The van der Waals surface area contributed by atoms with E-state index in [0.29, 0.717) is 13.1 Å². The molecule has 1 aromatic carbocycles. The van der Waals surface area contributed by atoms with Crippen LogP contribution in [0.4, 0.5) is 4.39 Å². The van der Waals surface area contributed by atoms with Crippen LogP contribution in [0.2, 0.25) is 0 Å². The molecule has 5 heteroatoms. The molecule has 1 amide bonds. The molecule has 0 spiro atoms. The third kappa shape index (κ3) is 3.10. The Bertz CT molecular complexity index is 495.